The topological polar surface area (TPSA) is 64.6 Å². The molecule has 1 aliphatic rings. The van der Waals surface area contributed by atoms with Crippen LogP contribution in [0.4, 0.5) is 14.9 Å². The third-order valence-corrected chi connectivity index (χ3v) is 4.59. The van der Waals surface area contributed by atoms with Crippen molar-refractivity contribution in [3.63, 3.8) is 0 Å². The Labute approximate surface area is 143 Å². The van der Waals surface area contributed by atoms with Gasteiger partial charge in [0.25, 0.3) is 0 Å². The van der Waals surface area contributed by atoms with Gasteiger partial charge in [0.2, 0.25) is 0 Å². The first-order valence-corrected chi connectivity index (χ1v) is 8.65. The molecule has 2 atom stereocenters. The van der Waals surface area contributed by atoms with Crippen LogP contribution < -0.4 is 15.5 Å². The quantitative estimate of drug-likeness (QED) is 0.716. The summed E-state index contributed by atoms with van der Waals surface area (Å²) in [7, 11) is 0. The second-order valence-corrected chi connectivity index (χ2v) is 6.79. The van der Waals surface area contributed by atoms with Crippen molar-refractivity contribution >= 4 is 11.7 Å². The van der Waals surface area contributed by atoms with E-state index in [1.54, 1.807) is 12.1 Å². The van der Waals surface area contributed by atoms with Gasteiger partial charge in [-0.25, -0.2) is 9.18 Å². The first-order chi connectivity index (χ1) is 11.5. The molecule has 1 heterocycles. The third-order valence-electron chi connectivity index (χ3n) is 4.59. The molecule has 0 saturated carbocycles. The van der Waals surface area contributed by atoms with Crippen molar-refractivity contribution in [2.75, 3.05) is 31.1 Å². The molecular formula is C18H28FN3O2. The maximum atomic E-state index is 13.0. The highest BCUT2D eigenvalue weighted by Crippen LogP contribution is 2.23. The fourth-order valence-corrected chi connectivity index (χ4v) is 3.05. The van der Waals surface area contributed by atoms with Crippen molar-refractivity contribution in [3.8, 4) is 0 Å². The van der Waals surface area contributed by atoms with Crippen molar-refractivity contribution in [1.82, 2.24) is 10.6 Å². The molecule has 0 spiro atoms. The highest BCUT2D eigenvalue weighted by atomic mass is 19.1. The van der Waals surface area contributed by atoms with Gasteiger partial charge in [0.05, 0.1) is 0 Å². The predicted molar refractivity (Wildman–Crippen MR) is 93.6 cm³/mol. The number of aliphatic hydroxyl groups excluding tert-OH is 1. The number of hydrogen-bond donors (Lipinski definition) is 3. The van der Waals surface area contributed by atoms with E-state index >= 15 is 0 Å². The zero-order valence-electron chi connectivity index (χ0n) is 14.5. The summed E-state index contributed by atoms with van der Waals surface area (Å²) in [6.45, 7) is 6.51. The largest absolute Gasteiger partial charge is 0.396 e. The molecule has 2 rings (SSSR count). The summed E-state index contributed by atoms with van der Waals surface area (Å²) < 4.78 is 13.0. The van der Waals surface area contributed by atoms with E-state index in [1.165, 1.54) is 12.1 Å². The second-order valence-electron chi connectivity index (χ2n) is 6.79. The molecule has 1 fully saturated rings. The lowest BCUT2D eigenvalue weighted by Crippen LogP contribution is -2.46. The van der Waals surface area contributed by atoms with Crippen molar-refractivity contribution in [2.45, 2.75) is 32.7 Å². The van der Waals surface area contributed by atoms with Crippen LogP contribution in [0.3, 0.4) is 0 Å². The fraction of sp³-hybridized carbons (Fsp3) is 0.611. The molecule has 0 radical (unpaired) electrons. The highest BCUT2D eigenvalue weighted by Gasteiger charge is 2.23. The molecule has 2 amide bonds. The molecule has 0 aromatic heterocycles. The molecule has 2 unspecified atom stereocenters. The number of aliphatic hydroxyl groups is 1. The van der Waals surface area contributed by atoms with Crippen LogP contribution in [-0.2, 0) is 0 Å². The number of carbonyl (C=O) groups excluding carboxylic acids is 1. The van der Waals surface area contributed by atoms with Gasteiger partial charge in [0.15, 0.2) is 0 Å². The number of hydrogen-bond acceptors (Lipinski definition) is 3. The van der Waals surface area contributed by atoms with Gasteiger partial charge in [-0.1, -0.05) is 13.8 Å². The molecule has 5 nitrogen and oxygen atoms in total. The summed E-state index contributed by atoms with van der Waals surface area (Å²) in [6, 6.07) is 6.33. The Bertz CT molecular complexity index is 522. The fourth-order valence-electron chi connectivity index (χ4n) is 3.05. The van der Waals surface area contributed by atoms with Crippen LogP contribution in [0.1, 0.15) is 26.7 Å². The average molecular weight is 337 g/mol. The molecule has 6 heteroatoms. The Morgan fingerprint density at radius 3 is 2.71 bits per heavy atom. The normalized spacial score (nSPS) is 18.7. The van der Waals surface area contributed by atoms with Crippen molar-refractivity contribution < 1.29 is 14.3 Å². The number of nitrogens with zero attached hydrogens (tertiary/aromatic N) is 1. The van der Waals surface area contributed by atoms with Gasteiger partial charge in [-0.2, -0.15) is 0 Å². The summed E-state index contributed by atoms with van der Waals surface area (Å²) in [5.74, 6) is 0.440. The van der Waals surface area contributed by atoms with Gasteiger partial charge < -0.3 is 20.6 Å². The summed E-state index contributed by atoms with van der Waals surface area (Å²) in [5, 5.41) is 14.9. The minimum absolute atomic E-state index is 0.0192. The van der Waals surface area contributed by atoms with E-state index in [0.29, 0.717) is 18.9 Å². The maximum Gasteiger partial charge on any atom is 0.315 e. The van der Waals surface area contributed by atoms with Crippen LogP contribution in [0.25, 0.3) is 0 Å². The first kappa shape index (κ1) is 18.5. The van der Waals surface area contributed by atoms with E-state index in [4.69, 9.17) is 5.11 Å². The van der Waals surface area contributed by atoms with E-state index in [2.05, 4.69) is 15.5 Å². The van der Waals surface area contributed by atoms with Crippen molar-refractivity contribution in [2.24, 2.45) is 11.8 Å². The van der Waals surface area contributed by atoms with Crippen LogP contribution in [0, 0.1) is 17.7 Å². The SMILES string of the molecule is CC(C)C(CCO)NC(=O)NCC1CCN(c2ccc(F)cc2)C1. The number of carbonyl (C=O) groups is 1. The molecule has 1 saturated heterocycles. The Hall–Kier alpha value is -1.82. The van der Waals surface area contributed by atoms with E-state index in [9.17, 15) is 9.18 Å². The summed E-state index contributed by atoms with van der Waals surface area (Å²) in [4.78, 5) is 14.2. The second kappa shape index (κ2) is 8.87. The summed E-state index contributed by atoms with van der Waals surface area (Å²) >= 11 is 0. The van der Waals surface area contributed by atoms with E-state index < -0.39 is 0 Å². The molecule has 0 bridgehead atoms. The molecular weight excluding hydrogens is 309 g/mol. The summed E-state index contributed by atoms with van der Waals surface area (Å²) in [6.07, 6.45) is 1.56. The predicted octanol–water partition coefficient (Wildman–Crippen LogP) is 2.36. The van der Waals surface area contributed by atoms with Gasteiger partial charge in [-0.15, -0.1) is 0 Å². The molecule has 1 aliphatic heterocycles. The van der Waals surface area contributed by atoms with Crippen LogP contribution >= 0.6 is 0 Å². The van der Waals surface area contributed by atoms with Gasteiger partial charge >= 0.3 is 6.03 Å². The van der Waals surface area contributed by atoms with Crippen LogP contribution in [0.5, 0.6) is 0 Å². The smallest absolute Gasteiger partial charge is 0.315 e. The molecule has 1 aromatic carbocycles. The molecule has 24 heavy (non-hydrogen) atoms. The van der Waals surface area contributed by atoms with Crippen molar-refractivity contribution in [1.29, 1.82) is 0 Å². The molecule has 1 aromatic rings. The van der Waals surface area contributed by atoms with Crippen LogP contribution in [0.15, 0.2) is 24.3 Å². The number of nitrogens with one attached hydrogen (secondary N) is 2. The van der Waals surface area contributed by atoms with E-state index in [1.807, 2.05) is 13.8 Å². The lowest BCUT2D eigenvalue weighted by Gasteiger charge is -2.22. The van der Waals surface area contributed by atoms with Gasteiger partial charge in [-0.3, -0.25) is 0 Å². The highest BCUT2D eigenvalue weighted by molar-refractivity contribution is 5.74. The Balaban J connectivity index is 1.75. The third kappa shape index (κ3) is 5.37. The zero-order chi connectivity index (χ0) is 17.5. The number of amides is 2. The number of anilines is 1. The van der Waals surface area contributed by atoms with Gasteiger partial charge in [-0.05, 0) is 48.9 Å². The lowest BCUT2D eigenvalue weighted by molar-refractivity contribution is 0.218. The monoisotopic (exact) mass is 337 g/mol. The minimum Gasteiger partial charge on any atom is -0.396 e. The van der Waals surface area contributed by atoms with Crippen molar-refractivity contribution in [3.05, 3.63) is 30.1 Å². The molecule has 3 N–H and O–H groups in total. The number of urea groups is 1. The standard InChI is InChI=1S/C18H28FN3O2/c1-13(2)17(8-10-23)21-18(24)20-11-14-7-9-22(12-14)16-5-3-15(19)4-6-16/h3-6,13-14,17,23H,7-12H2,1-2H3,(H2,20,21,24). The van der Waals surface area contributed by atoms with Gasteiger partial charge in [0, 0.05) is 38.0 Å². The minimum atomic E-state index is -0.226. The lowest BCUT2D eigenvalue weighted by atomic mass is 10.0. The average Bonchev–Trinajstić information content (AvgIpc) is 3.02. The molecule has 134 valence electrons. The van der Waals surface area contributed by atoms with E-state index in [-0.39, 0.29) is 30.4 Å². The Kier molecular flexibility index (Phi) is 6.85. The Morgan fingerprint density at radius 1 is 1.38 bits per heavy atom. The Morgan fingerprint density at radius 2 is 2.08 bits per heavy atom. The van der Waals surface area contributed by atoms with E-state index in [0.717, 1.165) is 25.2 Å². The van der Waals surface area contributed by atoms with Crippen LogP contribution in [0.2, 0.25) is 0 Å². The zero-order valence-corrected chi connectivity index (χ0v) is 14.5. The number of rotatable bonds is 7. The summed E-state index contributed by atoms with van der Waals surface area (Å²) in [5.41, 5.74) is 1.02. The number of halogens is 1. The van der Waals surface area contributed by atoms with Gasteiger partial charge in [0.1, 0.15) is 5.82 Å². The first-order valence-electron chi connectivity index (χ1n) is 8.65. The van der Waals surface area contributed by atoms with Crippen LogP contribution in [-0.4, -0.2) is 43.4 Å². The number of benzene rings is 1. The molecule has 0 aliphatic carbocycles. The maximum absolute atomic E-state index is 13.0.